The summed E-state index contributed by atoms with van der Waals surface area (Å²) in [6, 6.07) is -0.451. The van der Waals surface area contributed by atoms with E-state index in [4.69, 9.17) is 5.73 Å². The summed E-state index contributed by atoms with van der Waals surface area (Å²) in [7, 11) is 0. The summed E-state index contributed by atoms with van der Waals surface area (Å²) in [5, 5.41) is 0. The maximum atomic E-state index is 11.5. The summed E-state index contributed by atoms with van der Waals surface area (Å²) < 4.78 is 0. The minimum absolute atomic E-state index is 0.000509. The fourth-order valence-corrected chi connectivity index (χ4v) is 1.79. The highest BCUT2D eigenvalue weighted by molar-refractivity contribution is 5.87. The maximum Gasteiger partial charge on any atom is 0.240 e. The predicted molar refractivity (Wildman–Crippen MR) is 53.3 cm³/mol. The molecule has 2 atom stereocenters. The van der Waals surface area contributed by atoms with E-state index in [0.29, 0.717) is 19.4 Å². The number of carbonyl (C=O) groups excluding carboxylic acids is 2. The minimum Gasteiger partial charge on any atom is -0.368 e. The Hall–Kier alpha value is -1.32. The number of primary amides is 1. The van der Waals surface area contributed by atoms with Gasteiger partial charge in [0.25, 0.3) is 0 Å². The molecule has 0 radical (unpaired) electrons. The van der Waals surface area contributed by atoms with Gasteiger partial charge >= 0.3 is 0 Å². The fourth-order valence-electron chi connectivity index (χ4n) is 1.79. The van der Waals surface area contributed by atoms with E-state index in [0.717, 1.165) is 0 Å². The standard InChI is InChI=1S/C10H16N2O2/c1-3-7-5-9(13)12(6-7)8(4-2)10(11)14/h3,7-8H,1,4-6H2,2H3,(H2,11,14)/t7-,8-/m1/s1. The van der Waals surface area contributed by atoms with Gasteiger partial charge in [-0.15, -0.1) is 6.58 Å². The minimum atomic E-state index is -0.451. The van der Waals surface area contributed by atoms with Crippen LogP contribution >= 0.6 is 0 Å². The Bertz CT molecular complexity index is 263. The Labute approximate surface area is 83.8 Å². The highest BCUT2D eigenvalue weighted by Crippen LogP contribution is 2.21. The lowest BCUT2D eigenvalue weighted by Gasteiger charge is -2.23. The lowest BCUT2D eigenvalue weighted by Crippen LogP contribution is -2.45. The van der Waals surface area contributed by atoms with Gasteiger partial charge in [-0.25, -0.2) is 0 Å². The number of hydrogen-bond acceptors (Lipinski definition) is 2. The second-order valence-corrected chi connectivity index (χ2v) is 3.57. The summed E-state index contributed by atoms with van der Waals surface area (Å²) in [5.74, 6) is -0.262. The molecule has 0 bridgehead atoms. The average molecular weight is 196 g/mol. The second-order valence-electron chi connectivity index (χ2n) is 3.57. The van der Waals surface area contributed by atoms with Crippen molar-refractivity contribution in [3.05, 3.63) is 12.7 Å². The van der Waals surface area contributed by atoms with Crippen LogP contribution in [0.2, 0.25) is 0 Å². The Morgan fingerprint density at radius 3 is 2.86 bits per heavy atom. The van der Waals surface area contributed by atoms with Crippen molar-refractivity contribution in [3.63, 3.8) is 0 Å². The number of hydrogen-bond donors (Lipinski definition) is 1. The monoisotopic (exact) mass is 196 g/mol. The molecule has 0 aromatic carbocycles. The van der Waals surface area contributed by atoms with Gasteiger partial charge in [-0.2, -0.15) is 0 Å². The molecule has 1 aliphatic heterocycles. The van der Waals surface area contributed by atoms with E-state index in [-0.39, 0.29) is 11.8 Å². The SMILES string of the molecule is C=C[C@@H]1CC(=O)N([C@H](CC)C(N)=O)C1. The third-order valence-corrected chi connectivity index (χ3v) is 2.61. The molecule has 2 N–H and O–H groups in total. The van der Waals surface area contributed by atoms with Crippen molar-refractivity contribution < 1.29 is 9.59 Å². The van der Waals surface area contributed by atoms with Gasteiger partial charge in [-0.1, -0.05) is 13.0 Å². The van der Waals surface area contributed by atoms with Crippen molar-refractivity contribution in [1.29, 1.82) is 0 Å². The summed E-state index contributed by atoms with van der Waals surface area (Å²) >= 11 is 0. The molecule has 4 nitrogen and oxygen atoms in total. The third kappa shape index (κ3) is 1.95. The van der Waals surface area contributed by atoms with E-state index in [9.17, 15) is 9.59 Å². The number of carbonyl (C=O) groups is 2. The molecule has 1 heterocycles. The molecular weight excluding hydrogens is 180 g/mol. The molecule has 0 aromatic rings. The Morgan fingerprint density at radius 2 is 2.50 bits per heavy atom. The van der Waals surface area contributed by atoms with Crippen molar-refractivity contribution in [2.75, 3.05) is 6.54 Å². The lowest BCUT2D eigenvalue weighted by molar-refractivity contribution is -0.136. The van der Waals surface area contributed by atoms with E-state index in [1.807, 2.05) is 6.92 Å². The van der Waals surface area contributed by atoms with Crippen LogP contribution < -0.4 is 5.73 Å². The summed E-state index contributed by atoms with van der Waals surface area (Å²) in [6.45, 7) is 6.07. The van der Waals surface area contributed by atoms with Crippen LogP contribution in [0.3, 0.4) is 0 Å². The summed E-state index contributed by atoms with van der Waals surface area (Å²) in [6.07, 6.45) is 2.78. The first-order valence-electron chi connectivity index (χ1n) is 4.81. The molecule has 2 amide bonds. The zero-order valence-corrected chi connectivity index (χ0v) is 8.40. The van der Waals surface area contributed by atoms with Gasteiger partial charge in [0.15, 0.2) is 0 Å². The molecule has 1 rings (SSSR count). The topological polar surface area (TPSA) is 63.4 Å². The van der Waals surface area contributed by atoms with Gasteiger partial charge in [0, 0.05) is 18.9 Å². The normalized spacial score (nSPS) is 23.6. The smallest absolute Gasteiger partial charge is 0.240 e. The third-order valence-electron chi connectivity index (χ3n) is 2.61. The lowest BCUT2D eigenvalue weighted by atomic mass is 10.1. The number of nitrogens with zero attached hydrogens (tertiary/aromatic N) is 1. The van der Waals surface area contributed by atoms with E-state index >= 15 is 0 Å². The molecule has 0 spiro atoms. The molecule has 4 heteroatoms. The Balaban J connectivity index is 2.72. The van der Waals surface area contributed by atoms with Gasteiger partial charge in [-0.05, 0) is 6.42 Å². The molecule has 0 unspecified atom stereocenters. The van der Waals surface area contributed by atoms with Gasteiger partial charge < -0.3 is 10.6 Å². The van der Waals surface area contributed by atoms with Crippen LogP contribution in [0.1, 0.15) is 19.8 Å². The number of likely N-dealkylation sites (tertiary alicyclic amines) is 1. The maximum absolute atomic E-state index is 11.5. The Morgan fingerprint density at radius 1 is 1.86 bits per heavy atom. The molecule has 1 fully saturated rings. The van der Waals surface area contributed by atoms with Crippen LogP contribution in [0.25, 0.3) is 0 Å². The van der Waals surface area contributed by atoms with E-state index < -0.39 is 11.9 Å². The first kappa shape index (κ1) is 10.8. The van der Waals surface area contributed by atoms with Crippen LogP contribution in [0.15, 0.2) is 12.7 Å². The molecule has 0 aromatic heterocycles. The number of amides is 2. The van der Waals surface area contributed by atoms with Crippen molar-refractivity contribution in [2.24, 2.45) is 11.7 Å². The van der Waals surface area contributed by atoms with Gasteiger partial charge in [0.1, 0.15) is 6.04 Å². The van der Waals surface area contributed by atoms with Crippen LogP contribution in [-0.4, -0.2) is 29.3 Å². The summed E-state index contributed by atoms with van der Waals surface area (Å²) in [5.41, 5.74) is 5.22. The predicted octanol–water partition coefficient (Wildman–Crippen LogP) is 0.285. The molecule has 1 aliphatic rings. The zero-order valence-electron chi connectivity index (χ0n) is 8.40. The van der Waals surface area contributed by atoms with E-state index in [1.165, 1.54) is 0 Å². The highest BCUT2D eigenvalue weighted by Gasteiger charge is 2.34. The van der Waals surface area contributed by atoms with E-state index in [1.54, 1.807) is 11.0 Å². The van der Waals surface area contributed by atoms with Gasteiger partial charge in [0.05, 0.1) is 0 Å². The van der Waals surface area contributed by atoms with Gasteiger partial charge in [-0.3, -0.25) is 9.59 Å². The van der Waals surface area contributed by atoms with Crippen LogP contribution in [0.5, 0.6) is 0 Å². The van der Waals surface area contributed by atoms with Crippen molar-refractivity contribution >= 4 is 11.8 Å². The second kappa shape index (κ2) is 4.26. The first-order valence-corrected chi connectivity index (χ1v) is 4.81. The Kier molecular flexibility index (Phi) is 3.28. The molecular formula is C10H16N2O2. The fraction of sp³-hybridized carbons (Fsp3) is 0.600. The molecule has 78 valence electrons. The van der Waals surface area contributed by atoms with E-state index in [2.05, 4.69) is 6.58 Å². The largest absolute Gasteiger partial charge is 0.368 e. The van der Waals surface area contributed by atoms with Crippen LogP contribution in [-0.2, 0) is 9.59 Å². The molecule has 14 heavy (non-hydrogen) atoms. The zero-order chi connectivity index (χ0) is 10.7. The average Bonchev–Trinajstić information content (AvgIpc) is 2.48. The highest BCUT2D eigenvalue weighted by atomic mass is 16.2. The first-order chi connectivity index (χ1) is 6.60. The van der Waals surface area contributed by atoms with Crippen molar-refractivity contribution in [2.45, 2.75) is 25.8 Å². The molecule has 0 saturated carbocycles. The van der Waals surface area contributed by atoms with Crippen molar-refractivity contribution in [3.8, 4) is 0 Å². The van der Waals surface area contributed by atoms with Crippen molar-refractivity contribution in [1.82, 2.24) is 4.90 Å². The van der Waals surface area contributed by atoms with Crippen LogP contribution in [0, 0.1) is 5.92 Å². The quantitative estimate of drug-likeness (QED) is 0.657. The number of nitrogens with two attached hydrogens (primary N) is 1. The van der Waals surface area contributed by atoms with Crippen LogP contribution in [0.4, 0.5) is 0 Å². The molecule has 0 aliphatic carbocycles. The van der Waals surface area contributed by atoms with Gasteiger partial charge in [0.2, 0.25) is 11.8 Å². The summed E-state index contributed by atoms with van der Waals surface area (Å²) in [4.78, 5) is 24.1. The molecule has 1 saturated heterocycles. The number of rotatable bonds is 4.